The lowest BCUT2D eigenvalue weighted by atomic mass is 10.0. The SMILES string of the molecule is C[C@@H](CC(=O)N1CCCC[C@H]1c1nccs1)n1cccc1. The summed E-state index contributed by atoms with van der Waals surface area (Å²) in [5.41, 5.74) is 0. The van der Waals surface area contributed by atoms with Crippen LogP contribution in [0, 0.1) is 0 Å². The second-order valence-corrected chi connectivity index (χ2v) is 6.58. The molecule has 1 fully saturated rings. The van der Waals surface area contributed by atoms with Gasteiger partial charge in [0, 0.05) is 43.0 Å². The Kier molecular flexibility index (Phi) is 4.39. The van der Waals surface area contributed by atoms with Gasteiger partial charge in [0.05, 0.1) is 6.04 Å². The molecule has 1 aliphatic heterocycles. The van der Waals surface area contributed by atoms with E-state index >= 15 is 0 Å². The van der Waals surface area contributed by atoms with Crippen molar-refractivity contribution in [1.29, 1.82) is 0 Å². The number of aromatic nitrogens is 2. The van der Waals surface area contributed by atoms with Gasteiger partial charge >= 0.3 is 0 Å². The summed E-state index contributed by atoms with van der Waals surface area (Å²) in [5.74, 6) is 0.246. The first-order chi connectivity index (χ1) is 10.3. The van der Waals surface area contributed by atoms with Crippen molar-refractivity contribution in [3.8, 4) is 0 Å². The van der Waals surface area contributed by atoms with Crippen molar-refractivity contribution in [3.05, 3.63) is 41.1 Å². The van der Waals surface area contributed by atoms with Crippen LogP contribution in [0.1, 0.15) is 49.7 Å². The Hall–Kier alpha value is -1.62. The predicted molar refractivity (Wildman–Crippen MR) is 84.2 cm³/mol. The van der Waals surface area contributed by atoms with Crippen molar-refractivity contribution in [3.63, 3.8) is 0 Å². The fourth-order valence-corrected chi connectivity index (χ4v) is 3.79. The number of hydrogen-bond acceptors (Lipinski definition) is 3. The van der Waals surface area contributed by atoms with Crippen LogP contribution in [-0.4, -0.2) is 26.9 Å². The average Bonchev–Trinajstić information content (AvgIpc) is 3.20. The topological polar surface area (TPSA) is 38.1 Å². The Morgan fingerprint density at radius 3 is 2.95 bits per heavy atom. The molecule has 3 rings (SSSR count). The molecule has 2 aromatic heterocycles. The number of hydrogen-bond donors (Lipinski definition) is 0. The molecule has 21 heavy (non-hydrogen) atoms. The molecule has 1 saturated heterocycles. The van der Waals surface area contributed by atoms with Crippen LogP contribution in [0.25, 0.3) is 0 Å². The minimum atomic E-state index is 0.183. The van der Waals surface area contributed by atoms with E-state index in [0.29, 0.717) is 6.42 Å². The van der Waals surface area contributed by atoms with Gasteiger partial charge in [0.25, 0.3) is 0 Å². The van der Waals surface area contributed by atoms with Gasteiger partial charge in [-0.25, -0.2) is 4.98 Å². The van der Waals surface area contributed by atoms with Crippen molar-refractivity contribution in [1.82, 2.24) is 14.5 Å². The summed E-state index contributed by atoms with van der Waals surface area (Å²) in [6.07, 6.45) is 9.75. The van der Waals surface area contributed by atoms with Crippen LogP contribution in [0.2, 0.25) is 0 Å². The van der Waals surface area contributed by atoms with Crippen LogP contribution in [0.3, 0.4) is 0 Å². The van der Waals surface area contributed by atoms with Crippen LogP contribution < -0.4 is 0 Å². The number of piperidine rings is 1. The first-order valence-corrected chi connectivity index (χ1v) is 8.45. The van der Waals surface area contributed by atoms with Crippen LogP contribution >= 0.6 is 11.3 Å². The highest BCUT2D eigenvalue weighted by molar-refractivity contribution is 7.09. The van der Waals surface area contributed by atoms with Crippen LogP contribution in [0.5, 0.6) is 0 Å². The molecule has 4 nitrogen and oxygen atoms in total. The van der Waals surface area contributed by atoms with Crippen molar-refractivity contribution in [2.45, 2.75) is 44.7 Å². The molecular formula is C16H21N3OS. The molecule has 0 aromatic carbocycles. The van der Waals surface area contributed by atoms with E-state index in [9.17, 15) is 4.79 Å². The first kappa shape index (κ1) is 14.3. The molecule has 0 N–H and O–H groups in total. The molecule has 112 valence electrons. The van der Waals surface area contributed by atoms with Gasteiger partial charge in [0.1, 0.15) is 5.01 Å². The predicted octanol–water partition coefficient (Wildman–Crippen LogP) is 3.65. The van der Waals surface area contributed by atoms with Crippen molar-refractivity contribution >= 4 is 17.2 Å². The molecule has 0 saturated carbocycles. The molecule has 0 bridgehead atoms. The third-order valence-electron chi connectivity index (χ3n) is 4.17. The van der Waals surface area contributed by atoms with E-state index in [1.54, 1.807) is 11.3 Å². The lowest BCUT2D eigenvalue weighted by molar-refractivity contribution is -0.135. The summed E-state index contributed by atoms with van der Waals surface area (Å²) in [7, 11) is 0. The summed E-state index contributed by atoms with van der Waals surface area (Å²) < 4.78 is 2.10. The third-order valence-corrected chi connectivity index (χ3v) is 5.04. The highest BCUT2D eigenvalue weighted by atomic mass is 32.1. The summed E-state index contributed by atoms with van der Waals surface area (Å²) in [4.78, 5) is 19.2. The van der Waals surface area contributed by atoms with E-state index in [1.165, 1.54) is 6.42 Å². The smallest absolute Gasteiger partial charge is 0.225 e. The van der Waals surface area contributed by atoms with Gasteiger partial charge in [-0.05, 0) is 38.3 Å². The standard InChI is InChI=1S/C16H21N3OS/c1-13(18-8-4-5-9-18)12-15(20)19-10-3-2-6-14(19)16-17-7-11-21-16/h4-5,7-9,11,13-14H,2-3,6,10,12H2,1H3/t13-,14-/m0/s1. The zero-order chi connectivity index (χ0) is 14.7. The van der Waals surface area contributed by atoms with Gasteiger partial charge < -0.3 is 9.47 Å². The molecule has 1 aliphatic rings. The molecule has 0 aliphatic carbocycles. The van der Waals surface area contributed by atoms with Crippen LogP contribution in [0.4, 0.5) is 0 Å². The lowest BCUT2D eigenvalue weighted by Gasteiger charge is -2.35. The molecule has 0 spiro atoms. The fourth-order valence-electron chi connectivity index (χ4n) is 3.00. The molecule has 5 heteroatoms. The lowest BCUT2D eigenvalue weighted by Crippen LogP contribution is -2.39. The number of nitrogens with zero attached hydrogens (tertiary/aromatic N) is 3. The maximum Gasteiger partial charge on any atom is 0.225 e. The first-order valence-electron chi connectivity index (χ1n) is 7.57. The number of carbonyl (C=O) groups is 1. The average molecular weight is 303 g/mol. The van der Waals surface area contributed by atoms with Crippen LogP contribution in [-0.2, 0) is 4.79 Å². The van der Waals surface area contributed by atoms with E-state index in [-0.39, 0.29) is 18.0 Å². The summed E-state index contributed by atoms with van der Waals surface area (Å²) in [5, 5.41) is 3.08. The highest BCUT2D eigenvalue weighted by Crippen LogP contribution is 2.33. The second-order valence-electron chi connectivity index (χ2n) is 5.65. The molecular weight excluding hydrogens is 282 g/mol. The maximum absolute atomic E-state index is 12.7. The van der Waals surface area contributed by atoms with E-state index in [0.717, 1.165) is 24.4 Å². The Bertz CT molecular complexity index is 564. The molecule has 2 aromatic rings. The summed E-state index contributed by atoms with van der Waals surface area (Å²) in [6.45, 7) is 2.96. The fraction of sp³-hybridized carbons (Fsp3) is 0.500. The molecule has 3 heterocycles. The zero-order valence-electron chi connectivity index (χ0n) is 12.3. The van der Waals surface area contributed by atoms with Gasteiger partial charge in [-0.15, -0.1) is 11.3 Å². The molecule has 0 radical (unpaired) electrons. The Labute approximate surface area is 129 Å². The highest BCUT2D eigenvalue weighted by Gasteiger charge is 2.30. The quantitative estimate of drug-likeness (QED) is 0.864. The van der Waals surface area contributed by atoms with Gasteiger partial charge in [-0.2, -0.15) is 0 Å². The van der Waals surface area contributed by atoms with Gasteiger partial charge in [0.2, 0.25) is 5.91 Å². The number of rotatable bonds is 4. The van der Waals surface area contributed by atoms with Crippen molar-refractivity contribution < 1.29 is 4.79 Å². The van der Waals surface area contributed by atoms with Crippen molar-refractivity contribution in [2.24, 2.45) is 0 Å². The minimum Gasteiger partial charge on any atom is -0.351 e. The zero-order valence-corrected chi connectivity index (χ0v) is 13.1. The van der Waals surface area contributed by atoms with E-state index < -0.39 is 0 Å². The number of thiazole rings is 1. The van der Waals surface area contributed by atoms with E-state index in [1.807, 2.05) is 41.0 Å². The van der Waals surface area contributed by atoms with Crippen molar-refractivity contribution in [2.75, 3.05) is 6.54 Å². The maximum atomic E-state index is 12.7. The largest absolute Gasteiger partial charge is 0.351 e. The van der Waals surface area contributed by atoms with E-state index in [2.05, 4.69) is 16.5 Å². The Morgan fingerprint density at radius 2 is 2.24 bits per heavy atom. The molecule has 1 amide bonds. The normalized spacial score (nSPS) is 20.4. The monoisotopic (exact) mass is 303 g/mol. The number of amides is 1. The Morgan fingerprint density at radius 1 is 1.43 bits per heavy atom. The van der Waals surface area contributed by atoms with Gasteiger partial charge in [0.15, 0.2) is 0 Å². The van der Waals surface area contributed by atoms with Crippen LogP contribution in [0.15, 0.2) is 36.1 Å². The summed E-state index contributed by atoms with van der Waals surface area (Å²) >= 11 is 1.66. The Balaban J connectivity index is 1.69. The van der Waals surface area contributed by atoms with E-state index in [4.69, 9.17) is 0 Å². The van der Waals surface area contributed by atoms with Gasteiger partial charge in [-0.1, -0.05) is 0 Å². The number of carbonyl (C=O) groups excluding carboxylic acids is 1. The minimum absolute atomic E-state index is 0.183. The third kappa shape index (κ3) is 3.18. The summed E-state index contributed by atoms with van der Waals surface area (Å²) in [6, 6.07) is 4.38. The number of likely N-dealkylation sites (tertiary alicyclic amines) is 1. The molecule has 0 unspecified atom stereocenters. The molecule has 2 atom stereocenters. The van der Waals surface area contributed by atoms with Gasteiger partial charge in [-0.3, -0.25) is 4.79 Å². The second kappa shape index (κ2) is 6.43.